The van der Waals surface area contributed by atoms with Crippen LogP contribution in [0.5, 0.6) is 0 Å². The molecule has 126 valence electrons. The number of aryl methyl sites for hydroxylation is 2. The number of aromatic nitrogens is 2. The van der Waals surface area contributed by atoms with Crippen molar-refractivity contribution in [1.29, 1.82) is 5.26 Å². The van der Waals surface area contributed by atoms with Crippen LogP contribution in [0, 0.1) is 25.2 Å². The monoisotopic (exact) mass is 329 g/mol. The van der Waals surface area contributed by atoms with Crippen LogP contribution >= 0.6 is 0 Å². The minimum Gasteiger partial charge on any atom is -0.328 e. The molecule has 1 heterocycles. The Kier molecular flexibility index (Phi) is 5.00. The van der Waals surface area contributed by atoms with Gasteiger partial charge in [0.2, 0.25) is 0 Å². The Morgan fingerprint density at radius 1 is 1.04 bits per heavy atom. The molecular formula is C22H23N3. The highest BCUT2D eigenvalue weighted by atomic mass is 15.1. The van der Waals surface area contributed by atoms with Crippen molar-refractivity contribution in [3.63, 3.8) is 0 Å². The third-order valence-electron chi connectivity index (χ3n) is 4.66. The van der Waals surface area contributed by atoms with Gasteiger partial charge in [-0.3, -0.25) is 0 Å². The van der Waals surface area contributed by atoms with Crippen LogP contribution < -0.4 is 0 Å². The van der Waals surface area contributed by atoms with E-state index in [1.165, 1.54) is 11.3 Å². The van der Waals surface area contributed by atoms with E-state index in [0.29, 0.717) is 5.56 Å². The van der Waals surface area contributed by atoms with E-state index in [-0.39, 0.29) is 0 Å². The summed E-state index contributed by atoms with van der Waals surface area (Å²) in [6, 6.07) is 18.5. The second-order valence-electron chi connectivity index (χ2n) is 6.39. The van der Waals surface area contributed by atoms with E-state index in [2.05, 4.69) is 55.7 Å². The normalized spacial score (nSPS) is 10.6. The summed E-state index contributed by atoms with van der Waals surface area (Å²) in [5.41, 5.74) is 6.37. The summed E-state index contributed by atoms with van der Waals surface area (Å²) in [5.74, 6) is 1.16. The van der Waals surface area contributed by atoms with E-state index in [0.717, 1.165) is 42.0 Å². The van der Waals surface area contributed by atoms with Crippen LogP contribution in [0.25, 0.3) is 11.1 Å². The van der Waals surface area contributed by atoms with Gasteiger partial charge >= 0.3 is 0 Å². The first kappa shape index (κ1) is 17.0. The maximum atomic E-state index is 9.28. The Balaban J connectivity index is 1.88. The van der Waals surface area contributed by atoms with Gasteiger partial charge in [0.15, 0.2) is 0 Å². The molecule has 0 spiro atoms. The van der Waals surface area contributed by atoms with Crippen molar-refractivity contribution in [2.45, 2.75) is 40.2 Å². The highest BCUT2D eigenvalue weighted by Gasteiger charge is 2.11. The molecule has 25 heavy (non-hydrogen) atoms. The van der Waals surface area contributed by atoms with E-state index in [1.807, 2.05) is 24.3 Å². The SMILES string of the molecule is CCCc1nc(C)c(C)n1Cc1ccc(-c2ccccc2C#N)cc1. The highest BCUT2D eigenvalue weighted by molar-refractivity contribution is 5.70. The molecule has 3 heteroatoms. The molecule has 3 nitrogen and oxygen atoms in total. The van der Waals surface area contributed by atoms with Crippen molar-refractivity contribution in [3.05, 3.63) is 76.9 Å². The number of benzene rings is 2. The van der Waals surface area contributed by atoms with Crippen LogP contribution in [0.15, 0.2) is 48.5 Å². The smallest absolute Gasteiger partial charge is 0.109 e. The van der Waals surface area contributed by atoms with Gasteiger partial charge in [-0.1, -0.05) is 49.4 Å². The third kappa shape index (κ3) is 3.49. The average Bonchev–Trinajstić information content (AvgIpc) is 2.90. The summed E-state index contributed by atoms with van der Waals surface area (Å²) in [6.07, 6.45) is 2.10. The Morgan fingerprint density at radius 2 is 1.76 bits per heavy atom. The zero-order valence-electron chi connectivity index (χ0n) is 15.1. The molecule has 0 unspecified atom stereocenters. The van der Waals surface area contributed by atoms with Crippen molar-refractivity contribution in [2.24, 2.45) is 0 Å². The van der Waals surface area contributed by atoms with Crippen LogP contribution in [-0.4, -0.2) is 9.55 Å². The minimum absolute atomic E-state index is 0.710. The standard InChI is InChI=1S/C22H23N3/c1-4-7-22-24-16(2)17(3)25(22)15-18-10-12-19(13-11-18)21-9-6-5-8-20(21)14-23/h5-6,8-13H,4,7,15H2,1-3H3. The van der Waals surface area contributed by atoms with Crippen LogP contribution in [0.2, 0.25) is 0 Å². The molecule has 0 fully saturated rings. The maximum Gasteiger partial charge on any atom is 0.109 e. The molecule has 0 aliphatic rings. The van der Waals surface area contributed by atoms with Gasteiger partial charge in [0.25, 0.3) is 0 Å². The fourth-order valence-electron chi connectivity index (χ4n) is 3.15. The van der Waals surface area contributed by atoms with E-state index >= 15 is 0 Å². The molecule has 0 atom stereocenters. The number of imidazole rings is 1. The van der Waals surface area contributed by atoms with Gasteiger partial charge in [-0.15, -0.1) is 0 Å². The number of nitrogens with zero attached hydrogens (tertiary/aromatic N) is 3. The summed E-state index contributed by atoms with van der Waals surface area (Å²) in [5, 5.41) is 9.28. The highest BCUT2D eigenvalue weighted by Crippen LogP contribution is 2.24. The predicted molar refractivity (Wildman–Crippen MR) is 101 cm³/mol. The third-order valence-corrected chi connectivity index (χ3v) is 4.66. The Morgan fingerprint density at radius 3 is 2.44 bits per heavy atom. The molecule has 3 aromatic rings. The van der Waals surface area contributed by atoms with Gasteiger partial charge in [0.05, 0.1) is 17.3 Å². The first-order chi connectivity index (χ1) is 12.1. The molecule has 1 aromatic heterocycles. The van der Waals surface area contributed by atoms with Gasteiger partial charge in [-0.2, -0.15) is 5.26 Å². The zero-order valence-corrected chi connectivity index (χ0v) is 15.1. The Bertz CT molecular complexity index is 911. The summed E-state index contributed by atoms with van der Waals surface area (Å²) in [4.78, 5) is 4.71. The first-order valence-corrected chi connectivity index (χ1v) is 8.75. The number of rotatable bonds is 5. The fourth-order valence-corrected chi connectivity index (χ4v) is 3.15. The molecule has 0 N–H and O–H groups in total. The van der Waals surface area contributed by atoms with Crippen LogP contribution in [-0.2, 0) is 13.0 Å². The number of hydrogen-bond acceptors (Lipinski definition) is 2. The van der Waals surface area contributed by atoms with Gasteiger partial charge in [-0.25, -0.2) is 4.98 Å². The van der Waals surface area contributed by atoms with Crippen LogP contribution in [0.3, 0.4) is 0 Å². The van der Waals surface area contributed by atoms with E-state index in [1.54, 1.807) is 0 Å². The lowest BCUT2D eigenvalue weighted by Gasteiger charge is -2.11. The van der Waals surface area contributed by atoms with Gasteiger partial charge in [0, 0.05) is 18.7 Å². The maximum absolute atomic E-state index is 9.28. The summed E-state index contributed by atoms with van der Waals surface area (Å²) in [7, 11) is 0. The largest absolute Gasteiger partial charge is 0.328 e. The second kappa shape index (κ2) is 7.36. The summed E-state index contributed by atoms with van der Waals surface area (Å²) < 4.78 is 2.32. The minimum atomic E-state index is 0.710. The van der Waals surface area contributed by atoms with E-state index < -0.39 is 0 Å². The van der Waals surface area contributed by atoms with Gasteiger partial charge in [-0.05, 0) is 43.0 Å². The first-order valence-electron chi connectivity index (χ1n) is 8.75. The van der Waals surface area contributed by atoms with Crippen molar-refractivity contribution < 1.29 is 0 Å². The summed E-state index contributed by atoms with van der Waals surface area (Å²) >= 11 is 0. The predicted octanol–water partition coefficient (Wildman–Crippen LogP) is 5.04. The van der Waals surface area contributed by atoms with Crippen molar-refractivity contribution >= 4 is 0 Å². The molecular weight excluding hydrogens is 306 g/mol. The summed E-state index contributed by atoms with van der Waals surface area (Å²) in [6.45, 7) is 7.24. The molecule has 0 saturated carbocycles. The second-order valence-corrected chi connectivity index (χ2v) is 6.39. The molecule has 0 radical (unpaired) electrons. The number of nitriles is 1. The van der Waals surface area contributed by atoms with E-state index in [9.17, 15) is 5.26 Å². The van der Waals surface area contributed by atoms with Crippen molar-refractivity contribution in [3.8, 4) is 17.2 Å². The molecule has 0 saturated heterocycles. The lowest BCUT2D eigenvalue weighted by molar-refractivity contribution is 0.689. The van der Waals surface area contributed by atoms with Crippen LogP contribution in [0.1, 0.15) is 41.7 Å². The molecule has 2 aromatic carbocycles. The topological polar surface area (TPSA) is 41.6 Å². The lowest BCUT2D eigenvalue weighted by atomic mass is 9.99. The molecule has 0 aliphatic heterocycles. The van der Waals surface area contributed by atoms with Gasteiger partial charge < -0.3 is 4.57 Å². The Labute approximate surface area is 149 Å². The average molecular weight is 329 g/mol. The van der Waals surface area contributed by atoms with Gasteiger partial charge in [0.1, 0.15) is 5.82 Å². The Hall–Kier alpha value is -2.86. The molecule has 0 aliphatic carbocycles. The number of hydrogen-bond donors (Lipinski definition) is 0. The zero-order chi connectivity index (χ0) is 17.8. The lowest BCUT2D eigenvalue weighted by Crippen LogP contribution is -2.07. The fraction of sp³-hybridized carbons (Fsp3) is 0.273. The molecule has 0 bridgehead atoms. The van der Waals surface area contributed by atoms with Crippen LogP contribution in [0.4, 0.5) is 0 Å². The molecule has 0 amide bonds. The quantitative estimate of drug-likeness (QED) is 0.658. The van der Waals surface area contributed by atoms with Crippen molar-refractivity contribution in [2.75, 3.05) is 0 Å². The van der Waals surface area contributed by atoms with Crippen molar-refractivity contribution in [1.82, 2.24) is 9.55 Å². The van der Waals surface area contributed by atoms with E-state index in [4.69, 9.17) is 4.98 Å². The molecule has 3 rings (SSSR count).